The summed E-state index contributed by atoms with van der Waals surface area (Å²) < 4.78 is 53.0. The number of rotatable bonds is 3. The van der Waals surface area contributed by atoms with E-state index in [-0.39, 0.29) is 13.0 Å². The molecule has 0 aromatic heterocycles. The van der Waals surface area contributed by atoms with Crippen LogP contribution in [0.2, 0.25) is 0 Å². The molecular weight excluding hydrogens is 338 g/mol. The Morgan fingerprint density at radius 2 is 1.75 bits per heavy atom. The van der Waals surface area contributed by atoms with Crippen LogP contribution in [-0.2, 0) is 27.8 Å². The molecule has 2 N–H and O–H groups in total. The third-order valence-electron chi connectivity index (χ3n) is 4.03. The molecule has 0 radical (unpaired) electrons. The zero-order valence-corrected chi connectivity index (χ0v) is 13.3. The molecule has 1 atom stereocenters. The molecule has 1 aliphatic heterocycles. The van der Waals surface area contributed by atoms with Crippen LogP contribution in [0.15, 0.2) is 47.4 Å². The Bertz CT molecular complexity index is 915. The van der Waals surface area contributed by atoms with Gasteiger partial charge in [-0.3, -0.25) is 4.79 Å². The van der Waals surface area contributed by atoms with E-state index in [4.69, 9.17) is 5.73 Å². The highest BCUT2D eigenvalue weighted by Crippen LogP contribution is 2.29. The number of carbonyl (C=O) groups excluding carboxylic acids is 1. The summed E-state index contributed by atoms with van der Waals surface area (Å²) in [6.45, 7) is -0.0644. The van der Waals surface area contributed by atoms with Crippen molar-refractivity contribution in [3.63, 3.8) is 0 Å². The number of carbonyl (C=O) groups is 1. The maximum Gasteiger partial charge on any atom is 0.244 e. The Kier molecular flexibility index (Phi) is 4.10. The third kappa shape index (κ3) is 2.78. The zero-order chi connectivity index (χ0) is 17.5. The maximum atomic E-state index is 13.4. The van der Waals surface area contributed by atoms with E-state index in [9.17, 15) is 22.0 Å². The summed E-state index contributed by atoms with van der Waals surface area (Å²) in [5, 5.41) is 0. The zero-order valence-electron chi connectivity index (χ0n) is 12.4. The topological polar surface area (TPSA) is 80.5 Å². The number of amides is 1. The first kappa shape index (κ1) is 16.5. The van der Waals surface area contributed by atoms with Crippen LogP contribution in [0.3, 0.4) is 0 Å². The normalized spacial score (nSPS) is 18.2. The van der Waals surface area contributed by atoms with Gasteiger partial charge in [-0.1, -0.05) is 24.3 Å². The van der Waals surface area contributed by atoms with Crippen molar-refractivity contribution >= 4 is 15.9 Å². The van der Waals surface area contributed by atoms with E-state index in [0.29, 0.717) is 6.07 Å². The predicted molar refractivity (Wildman–Crippen MR) is 82.2 cm³/mol. The van der Waals surface area contributed by atoms with Gasteiger partial charge in [-0.15, -0.1) is 0 Å². The number of halogens is 2. The first-order chi connectivity index (χ1) is 11.3. The van der Waals surface area contributed by atoms with Gasteiger partial charge < -0.3 is 5.73 Å². The van der Waals surface area contributed by atoms with E-state index >= 15 is 0 Å². The Morgan fingerprint density at radius 3 is 2.38 bits per heavy atom. The highest BCUT2D eigenvalue weighted by Gasteiger charge is 2.38. The van der Waals surface area contributed by atoms with E-state index in [0.717, 1.165) is 27.6 Å². The van der Waals surface area contributed by atoms with Crippen LogP contribution in [0.25, 0.3) is 0 Å². The van der Waals surface area contributed by atoms with Crippen LogP contribution in [0.4, 0.5) is 8.78 Å². The molecule has 0 bridgehead atoms. The van der Waals surface area contributed by atoms with Crippen molar-refractivity contribution in [1.82, 2.24) is 4.31 Å². The molecule has 0 spiro atoms. The molecule has 8 heteroatoms. The number of hydrogen-bond acceptors (Lipinski definition) is 3. The summed E-state index contributed by atoms with van der Waals surface area (Å²) in [4.78, 5) is 11.3. The summed E-state index contributed by atoms with van der Waals surface area (Å²) in [7, 11) is -4.21. The summed E-state index contributed by atoms with van der Waals surface area (Å²) >= 11 is 0. The molecule has 2 aromatic carbocycles. The van der Waals surface area contributed by atoms with Gasteiger partial charge in [0.05, 0.1) is 4.90 Å². The molecule has 0 saturated heterocycles. The Hall–Kier alpha value is -2.32. The molecule has 3 rings (SSSR count). The molecular formula is C16H14F2N2O3S. The Morgan fingerprint density at radius 1 is 1.08 bits per heavy atom. The number of nitrogens with two attached hydrogens (primary N) is 1. The monoisotopic (exact) mass is 352 g/mol. The molecule has 1 aliphatic rings. The van der Waals surface area contributed by atoms with Crippen LogP contribution < -0.4 is 5.73 Å². The standard InChI is InChI=1S/C16H14F2N2O3S/c17-13-6-5-12(8-14(13)18)24(22,23)20-9-11-4-2-1-3-10(11)7-15(20)16(19)21/h1-6,8,15H,7,9H2,(H2,19,21)/t15-/m1/s1. The molecule has 126 valence electrons. The average Bonchev–Trinajstić information content (AvgIpc) is 2.56. The lowest BCUT2D eigenvalue weighted by Gasteiger charge is -2.34. The summed E-state index contributed by atoms with van der Waals surface area (Å²) in [5.74, 6) is -3.22. The van der Waals surface area contributed by atoms with Crippen LogP contribution in [0.5, 0.6) is 0 Å². The third-order valence-corrected chi connectivity index (χ3v) is 5.88. The highest BCUT2D eigenvalue weighted by molar-refractivity contribution is 7.89. The quantitative estimate of drug-likeness (QED) is 0.910. The van der Waals surface area contributed by atoms with Gasteiger partial charge in [0.2, 0.25) is 15.9 Å². The molecule has 1 amide bonds. The van der Waals surface area contributed by atoms with Crippen molar-refractivity contribution in [1.29, 1.82) is 0 Å². The first-order valence-electron chi connectivity index (χ1n) is 7.13. The van der Waals surface area contributed by atoms with Gasteiger partial charge >= 0.3 is 0 Å². The summed E-state index contributed by atoms with van der Waals surface area (Å²) in [6.07, 6.45) is 0.133. The van der Waals surface area contributed by atoms with E-state index < -0.39 is 38.5 Å². The average molecular weight is 352 g/mol. The second-order valence-electron chi connectivity index (χ2n) is 5.52. The van der Waals surface area contributed by atoms with Crippen LogP contribution >= 0.6 is 0 Å². The number of sulfonamides is 1. The molecule has 5 nitrogen and oxygen atoms in total. The molecule has 1 heterocycles. The van der Waals surface area contributed by atoms with Crippen LogP contribution in [0, 0.1) is 11.6 Å². The van der Waals surface area contributed by atoms with E-state index in [1.165, 1.54) is 0 Å². The van der Waals surface area contributed by atoms with Gasteiger partial charge in [-0.2, -0.15) is 4.31 Å². The van der Waals surface area contributed by atoms with Gasteiger partial charge in [0, 0.05) is 6.54 Å². The van der Waals surface area contributed by atoms with Crippen molar-refractivity contribution in [2.75, 3.05) is 0 Å². The van der Waals surface area contributed by atoms with Gasteiger partial charge in [-0.05, 0) is 35.7 Å². The van der Waals surface area contributed by atoms with Crippen molar-refractivity contribution in [3.8, 4) is 0 Å². The first-order valence-corrected chi connectivity index (χ1v) is 8.57. The second-order valence-corrected chi connectivity index (χ2v) is 7.41. The van der Waals surface area contributed by atoms with Gasteiger partial charge in [0.25, 0.3) is 0 Å². The minimum absolute atomic E-state index is 0.0644. The van der Waals surface area contributed by atoms with Crippen LogP contribution in [0.1, 0.15) is 11.1 Å². The molecule has 0 saturated carbocycles. The van der Waals surface area contributed by atoms with Crippen molar-refractivity contribution in [3.05, 3.63) is 65.2 Å². The lowest BCUT2D eigenvalue weighted by molar-refractivity contribution is -0.122. The molecule has 0 unspecified atom stereocenters. The lowest BCUT2D eigenvalue weighted by Crippen LogP contribution is -2.51. The number of hydrogen-bond donors (Lipinski definition) is 1. The highest BCUT2D eigenvalue weighted by atomic mass is 32.2. The molecule has 0 aliphatic carbocycles. The van der Waals surface area contributed by atoms with Gasteiger partial charge in [-0.25, -0.2) is 17.2 Å². The smallest absolute Gasteiger partial charge is 0.244 e. The van der Waals surface area contributed by atoms with E-state index in [2.05, 4.69) is 0 Å². The molecule has 0 fully saturated rings. The summed E-state index contributed by atoms with van der Waals surface area (Å²) in [5.41, 5.74) is 6.93. The minimum atomic E-state index is -4.21. The number of fused-ring (bicyclic) bond motifs is 1. The predicted octanol–water partition coefficient (Wildman–Crippen LogP) is 1.57. The van der Waals surface area contributed by atoms with Crippen molar-refractivity contribution < 1.29 is 22.0 Å². The number of nitrogens with zero attached hydrogens (tertiary/aromatic N) is 1. The van der Waals surface area contributed by atoms with E-state index in [1.54, 1.807) is 24.3 Å². The molecule has 24 heavy (non-hydrogen) atoms. The summed E-state index contributed by atoms with van der Waals surface area (Å²) in [6, 6.07) is 8.31. The van der Waals surface area contributed by atoms with Gasteiger partial charge in [0.1, 0.15) is 6.04 Å². The fourth-order valence-corrected chi connectivity index (χ4v) is 4.35. The number of benzene rings is 2. The van der Waals surface area contributed by atoms with Crippen molar-refractivity contribution in [2.45, 2.75) is 23.9 Å². The largest absolute Gasteiger partial charge is 0.368 e. The van der Waals surface area contributed by atoms with Crippen molar-refractivity contribution in [2.24, 2.45) is 5.73 Å². The molecule has 2 aromatic rings. The lowest BCUT2D eigenvalue weighted by atomic mass is 9.96. The van der Waals surface area contributed by atoms with E-state index in [1.807, 2.05) is 0 Å². The Labute approximate surface area is 137 Å². The second kappa shape index (κ2) is 5.95. The minimum Gasteiger partial charge on any atom is -0.368 e. The fourth-order valence-electron chi connectivity index (χ4n) is 2.77. The van der Waals surface area contributed by atoms with Gasteiger partial charge in [0.15, 0.2) is 11.6 Å². The Balaban J connectivity index is 2.07. The number of primary amides is 1. The van der Waals surface area contributed by atoms with Crippen LogP contribution in [-0.4, -0.2) is 24.7 Å². The fraction of sp³-hybridized carbons (Fsp3) is 0.188. The SMILES string of the molecule is NC(=O)[C@H]1Cc2ccccc2CN1S(=O)(=O)c1ccc(F)c(F)c1. The maximum absolute atomic E-state index is 13.4.